The van der Waals surface area contributed by atoms with Gasteiger partial charge in [-0.25, -0.2) is 4.39 Å². The number of hydrogen-bond acceptors (Lipinski definition) is 4. The van der Waals surface area contributed by atoms with Gasteiger partial charge in [0.1, 0.15) is 12.4 Å². The molecule has 4 rings (SSSR count). The van der Waals surface area contributed by atoms with Crippen LogP contribution < -0.4 is 10.2 Å². The highest BCUT2D eigenvalue weighted by molar-refractivity contribution is 5.95. The van der Waals surface area contributed by atoms with Crippen LogP contribution in [-0.4, -0.2) is 66.8 Å². The minimum atomic E-state index is -0.416. The molecule has 1 saturated heterocycles. The van der Waals surface area contributed by atoms with E-state index in [1.54, 1.807) is 28.0 Å². The number of nitrogens with one attached hydrogen (secondary N) is 1. The van der Waals surface area contributed by atoms with Crippen molar-refractivity contribution in [2.24, 2.45) is 5.92 Å². The zero-order valence-electron chi connectivity index (χ0n) is 20.5. The predicted octanol–water partition coefficient (Wildman–Crippen LogP) is 3.93. The van der Waals surface area contributed by atoms with Gasteiger partial charge in [-0.3, -0.25) is 14.4 Å². The van der Waals surface area contributed by atoms with Gasteiger partial charge in [0, 0.05) is 55.6 Å². The molecule has 0 bridgehead atoms. The van der Waals surface area contributed by atoms with Crippen LogP contribution in [0.1, 0.15) is 36.0 Å². The molecule has 1 aliphatic heterocycles. The Labute approximate surface area is 211 Å². The molecule has 0 aromatic heterocycles. The molecular weight excluding hydrogens is 459 g/mol. The van der Waals surface area contributed by atoms with Gasteiger partial charge in [-0.05, 0) is 55.3 Å². The molecule has 1 saturated carbocycles. The van der Waals surface area contributed by atoms with E-state index in [4.69, 9.17) is 0 Å². The minimum Gasteiger partial charge on any atom is -0.368 e. The summed E-state index contributed by atoms with van der Waals surface area (Å²) in [5.74, 6) is -0.764. The first-order valence-corrected chi connectivity index (χ1v) is 12.5. The van der Waals surface area contributed by atoms with Crippen molar-refractivity contribution in [2.75, 3.05) is 49.5 Å². The van der Waals surface area contributed by atoms with Crippen LogP contribution >= 0.6 is 0 Å². The summed E-state index contributed by atoms with van der Waals surface area (Å²) < 4.78 is 13.5. The molecule has 36 heavy (non-hydrogen) atoms. The van der Waals surface area contributed by atoms with E-state index < -0.39 is 5.82 Å². The first kappa shape index (κ1) is 25.4. The fourth-order valence-electron chi connectivity index (χ4n) is 4.92. The summed E-state index contributed by atoms with van der Waals surface area (Å²) in [6, 6.07) is 13.3. The van der Waals surface area contributed by atoms with Gasteiger partial charge in [-0.2, -0.15) is 0 Å². The SMILES string of the molecule is C=CCN(CC(=O)Nc1ccc(N2CCN(C(=O)c3cccc(F)c3)CC2)cc1)C(=O)C1CCCC1. The van der Waals surface area contributed by atoms with Gasteiger partial charge < -0.3 is 20.0 Å². The summed E-state index contributed by atoms with van der Waals surface area (Å²) >= 11 is 0. The highest BCUT2D eigenvalue weighted by Gasteiger charge is 2.28. The Morgan fingerprint density at radius 2 is 1.72 bits per heavy atom. The van der Waals surface area contributed by atoms with Crippen molar-refractivity contribution in [3.8, 4) is 0 Å². The molecule has 2 aliphatic rings. The second-order valence-electron chi connectivity index (χ2n) is 9.37. The minimum absolute atomic E-state index is 0.00437. The monoisotopic (exact) mass is 492 g/mol. The molecule has 0 spiro atoms. The van der Waals surface area contributed by atoms with Crippen LogP contribution in [0, 0.1) is 11.7 Å². The molecule has 7 nitrogen and oxygen atoms in total. The highest BCUT2D eigenvalue weighted by atomic mass is 19.1. The number of benzene rings is 2. The van der Waals surface area contributed by atoms with Crippen LogP contribution in [0.2, 0.25) is 0 Å². The molecule has 2 aromatic carbocycles. The van der Waals surface area contributed by atoms with Crippen LogP contribution in [0.5, 0.6) is 0 Å². The Kier molecular flexibility index (Phi) is 8.36. The Balaban J connectivity index is 1.28. The first-order valence-electron chi connectivity index (χ1n) is 12.5. The molecular formula is C28H33FN4O3. The van der Waals surface area contributed by atoms with E-state index in [0.717, 1.165) is 31.4 Å². The number of rotatable bonds is 8. The van der Waals surface area contributed by atoms with Crippen LogP contribution in [0.15, 0.2) is 61.2 Å². The fourth-order valence-corrected chi connectivity index (χ4v) is 4.92. The van der Waals surface area contributed by atoms with Crippen molar-refractivity contribution in [2.45, 2.75) is 25.7 Å². The molecule has 1 aliphatic carbocycles. The van der Waals surface area contributed by atoms with E-state index in [1.807, 2.05) is 24.3 Å². The number of halogens is 1. The zero-order valence-corrected chi connectivity index (χ0v) is 20.5. The highest BCUT2D eigenvalue weighted by Crippen LogP contribution is 2.26. The quantitative estimate of drug-likeness (QED) is 0.567. The van der Waals surface area contributed by atoms with Gasteiger partial charge >= 0.3 is 0 Å². The molecule has 1 N–H and O–H groups in total. The Morgan fingerprint density at radius 3 is 2.36 bits per heavy atom. The van der Waals surface area contributed by atoms with Gasteiger partial charge in [-0.1, -0.05) is 25.0 Å². The third-order valence-electron chi connectivity index (χ3n) is 6.85. The van der Waals surface area contributed by atoms with Crippen molar-refractivity contribution >= 4 is 29.1 Å². The van der Waals surface area contributed by atoms with Gasteiger partial charge in [-0.15, -0.1) is 6.58 Å². The third-order valence-corrected chi connectivity index (χ3v) is 6.85. The lowest BCUT2D eigenvalue weighted by Gasteiger charge is -2.36. The zero-order chi connectivity index (χ0) is 25.5. The molecule has 3 amide bonds. The number of piperazine rings is 1. The standard InChI is InChI=1S/C28H33FN4O3/c1-2-14-33(27(35)21-6-3-4-7-21)20-26(34)30-24-10-12-25(13-11-24)31-15-17-32(18-16-31)28(36)22-8-5-9-23(29)19-22/h2,5,8-13,19,21H,1,3-4,6-7,14-18,20H2,(H,30,34). The van der Waals surface area contributed by atoms with Crippen LogP contribution in [0.4, 0.5) is 15.8 Å². The normalized spacial score (nSPS) is 16.0. The second-order valence-corrected chi connectivity index (χ2v) is 9.37. The van der Waals surface area contributed by atoms with Gasteiger partial charge in [0.25, 0.3) is 5.91 Å². The Morgan fingerprint density at radius 1 is 1.03 bits per heavy atom. The summed E-state index contributed by atoms with van der Waals surface area (Å²) in [5, 5.41) is 2.88. The molecule has 0 atom stereocenters. The second kappa shape index (κ2) is 11.8. The number of carbonyl (C=O) groups is 3. The largest absolute Gasteiger partial charge is 0.368 e. The summed E-state index contributed by atoms with van der Waals surface area (Å²) in [5.41, 5.74) is 2.02. The lowest BCUT2D eigenvalue weighted by molar-refractivity contribution is -0.137. The average molecular weight is 493 g/mol. The van der Waals surface area contributed by atoms with Crippen molar-refractivity contribution in [3.63, 3.8) is 0 Å². The van der Waals surface area contributed by atoms with Gasteiger partial charge in [0.2, 0.25) is 11.8 Å². The molecule has 190 valence electrons. The Bertz CT molecular complexity index is 1090. The topological polar surface area (TPSA) is 73.0 Å². The van der Waals surface area contributed by atoms with E-state index in [0.29, 0.717) is 44.0 Å². The first-order chi connectivity index (χ1) is 17.4. The van der Waals surface area contributed by atoms with Gasteiger partial charge in [0.05, 0.1) is 0 Å². The smallest absolute Gasteiger partial charge is 0.254 e. The van der Waals surface area contributed by atoms with Gasteiger partial charge in [0.15, 0.2) is 0 Å². The van der Waals surface area contributed by atoms with E-state index in [2.05, 4.69) is 16.8 Å². The van der Waals surface area contributed by atoms with E-state index >= 15 is 0 Å². The van der Waals surface area contributed by atoms with Crippen LogP contribution in [-0.2, 0) is 9.59 Å². The maximum Gasteiger partial charge on any atom is 0.254 e. The number of anilines is 2. The summed E-state index contributed by atoms with van der Waals surface area (Å²) in [6.45, 7) is 6.49. The molecule has 0 radical (unpaired) electrons. The van der Waals surface area contributed by atoms with E-state index in [-0.39, 0.29) is 30.2 Å². The number of nitrogens with zero attached hydrogens (tertiary/aromatic N) is 3. The lowest BCUT2D eigenvalue weighted by Crippen LogP contribution is -2.48. The average Bonchev–Trinajstić information content (AvgIpc) is 3.43. The summed E-state index contributed by atoms with van der Waals surface area (Å²) in [4.78, 5) is 43.5. The van der Waals surface area contributed by atoms with Crippen molar-refractivity contribution < 1.29 is 18.8 Å². The Hall–Kier alpha value is -3.68. The summed E-state index contributed by atoms with van der Waals surface area (Å²) in [7, 11) is 0. The van der Waals surface area contributed by atoms with E-state index in [1.165, 1.54) is 12.1 Å². The number of hydrogen-bond donors (Lipinski definition) is 1. The molecule has 0 unspecified atom stereocenters. The van der Waals surface area contributed by atoms with E-state index in [9.17, 15) is 18.8 Å². The number of carbonyl (C=O) groups excluding carboxylic acids is 3. The lowest BCUT2D eigenvalue weighted by atomic mass is 10.1. The maximum atomic E-state index is 13.5. The molecule has 2 fully saturated rings. The van der Waals surface area contributed by atoms with Crippen molar-refractivity contribution in [1.82, 2.24) is 9.80 Å². The van der Waals surface area contributed by atoms with Crippen LogP contribution in [0.25, 0.3) is 0 Å². The molecule has 2 aromatic rings. The van der Waals surface area contributed by atoms with Crippen molar-refractivity contribution in [3.05, 3.63) is 72.6 Å². The summed E-state index contributed by atoms with van der Waals surface area (Å²) in [6.07, 6.45) is 5.57. The van der Waals surface area contributed by atoms with Crippen molar-refractivity contribution in [1.29, 1.82) is 0 Å². The number of amides is 3. The third kappa shape index (κ3) is 6.30. The molecule has 8 heteroatoms. The molecule has 1 heterocycles. The maximum absolute atomic E-state index is 13.5. The fraction of sp³-hybridized carbons (Fsp3) is 0.393. The predicted molar refractivity (Wildman–Crippen MR) is 138 cm³/mol. The van der Waals surface area contributed by atoms with Crippen LogP contribution in [0.3, 0.4) is 0 Å².